The molecule has 0 saturated carbocycles. The van der Waals surface area contributed by atoms with Gasteiger partial charge in [-0.15, -0.1) is 0 Å². The summed E-state index contributed by atoms with van der Waals surface area (Å²) in [5, 5.41) is 0. The number of hydrogen-bond acceptors (Lipinski definition) is 0. The predicted molar refractivity (Wildman–Crippen MR) is 91.4 cm³/mol. The van der Waals surface area contributed by atoms with Gasteiger partial charge in [-0.25, -0.2) is 0 Å². The Bertz CT molecular complexity index is 404. The SMILES string of the molecule is Cc1c(C)c(C)[c-](C)c1C.Cc1c(C)c(C)[c-](C)c1C.[Sm+3]. The van der Waals surface area contributed by atoms with Crippen molar-refractivity contribution < 1.29 is 40.4 Å². The molecule has 0 nitrogen and oxygen atoms in total. The van der Waals surface area contributed by atoms with E-state index in [4.69, 9.17) is 0 Å². The van der Waals surface area contributed by atoms with Crippen molar-refractivity contribution >= 4 is 0 Å². The van der Waals surface area contributed by atoms with Crippen LogP contribution in [0.15, 0.2) is 0 Å². The van der Waals surface area contributed by atoms with Gasteiger partial charge >= 0.3 is 40.4 Å². The van der Waals surface area contributed by atoms with Gasteiger partial charge in [-0.1, -0.05) is 69.2 Å². The quantitative estimate of drug-likeness (QED) is 0.466. The van der Waals surface area contributed by atoms with Gasteiger partial charge in [-0.2, -0.15) is 55.6 Å². The van der Waals surface area contributed by atoms with E-state index in [1.165, 1.54) is 55.6 Å². The monoisotopic (exact) mass is 422 g/mol. The Labute approximate surface area is 164 Å². The minimum Gasteiger partial charge on any atom is -0.196 e. The van der Waals surface area contributed by atoms with Crippen LogP contribution in [0.4, 0.5) is 0 Å². The summed E-state index contributed by atoms with van der Waals surface area (Å²) in [6, 6.07) is 0. The minimum absolute atomic E-state index is 0. The maximum atomic E-state index is 2.20. The fraction of sp³-hybridized carbons (Fsp3) is 0.500. The second-order valence-corrected chi connectivity index (χ2v) is 6.25. The predicted octanol–water partition coefficient (Wildman–Crippen LogP) is 5.90. The third-order valence-corrected chi connectivity index (χ3v) is 5.62. The summed E-state index contributed by atoms with van der Waals surface area (Å²) in [7, 11) is 0. The van der Waals surface area contributed by atoms with Crippen molar-refractivity contribution in [2.24, 2.45) is 0 Å². The molecule has 2 aromatic rings. The van der Waals surface area contributed by atoms with Crippen LogP contribution >= 0.6 is 0 Å². The third kappa shape index (κ3) is 4.07. The third-order valence-electron chi connectivity index (χ3n) is 5.62. The summed E-state index contributed by atoms with van der Waals surface area (Å²) >= 11 is 0. The van der Waals surface area contributed by atoms with E-state index in [2.05, 4.69) is 69.2 Å². The van der Waals surface area contributed by atoms with Crippen molar-refractivity contribution in [3.8, 4) is 0 Å². The van der Waals surface area contributed by atoms with E-state index < -0.39 is 0 Å². The van der Waals surface area contributed by atoms with Gasteiger partial charge in [0.2, 0.25) is 0 Å². The number of hydrogen-bond donors (Lipinski definition) is 0. The van der Waals surface area contributed by atoms with Crippen molar-refractivity contribution in [3.63, 3.8) is 0 Å². The molecule has 0 unspecified atom stereocenters. The Kier molecular flexibility index (Phi) is 8.06. The molecule has 0 aromatic heterocycles. The smallest absolute Gasteiger partial charge is 0.196 e. The molecule has 0 fully saturated rings. The molecule has 21 heavy (non-hydrogen) atoms. The molecule has 0 atom stereocenters. The molecular formula is C20H30Sm+. The van der Waals surface area contributed by atoms with Crippen LogP contribution < -0.4 is 0 Å². The second-order valence-electron chi connectivity index (χ2n) is 6.25. The molecule has 0 amide bonds. The first-order valence-electron chi connectivity index (χ1n) is 7.50. The number of rotatable bonds is 0. The standard InChI is InChI=1S/2C10H15.Sm/c2*1-6-7(2)9(4)10(5)8(6)3;/h2*1-5H3;/q2*-1;+3. The summed E-state index contributed by atoms with van der Waals surface area (Å²) in [5.74, 6) is 0. The zero-order valence-electron chi connectivity index (χ0n) is 15.4. The Balaban J connectivity index is 0.000000364. The molecule has 2 rings (SSSR count). The van der Waals surface area contributed by atoms with Crippen LogP contribution in [0.5, 0.6) is 0 Å². The first-order chi connectivity index (χ1) is 9.11. The first kappa shape index (κ1) is 21.0. The molecule has 0 bridgehead atoms. The average Bonchev–Trinajstić information content (AvgIpc) is 2.71. The van der Waals surface area contributed by atoms with Gasteiger partial charge < -0.3 is 0 Å². The Hall–Kier alpha value is 0.0377. The molecule has 2 aromatic carbocycles. The van der Waals surface area contributed by atoms with Crippen LogP contribution in [0.1, 0.15) is 55.6 Å². The van der Waals surface area contributed by atoms with Gasteiger partial charge in [0.25, 0.3) is 0 Å². The molecule has 1 radical (unpaired) electrons. The van der Waals surface area contributed by atoms with Gasteiger partial charge in [0, 0.05) is 0 Å². The topological polar surface area (TPSA) is 0 Å². The summed E-state index contributed by atoms with van der Waals surface area (Å²) in [4.78, 5) is 0. The van der Waals surface area contributed by atoms with Crippen molar-refractivity contribution in [1.29, 1.82) is 0 Å². The second kappa shape index (κ2) is 8.05. The molecule has 0 saturated heterocycles. The molecular weight excluding hydrogens is 391 g/mol. The molecule has 0 aliphatic rings. The van der Waals surface area contributed by atoms with Crippen LogP contribution in [-0.2, 0) is 0 Å². The van der Waals surface area contributed by atoms with Crippen molar-refractivity contribution in [3.05, 3.63) is 55.6 Å². The van der Waals surface area contributed by atoms with Crippen molar-refractivity contribution in [2.75, 3.05) is 0 Å². The van der Waals surface area contributed by atoms with E-state index in [9.17, 15) is 0 Å². The van der Waals surface area contributed by atoms with Crippen LogP contribution in [0.2, 0.25) is 0 Å². The largest absolute Gasteiger partial charge is 3.00 e. The van der Waals surface area contributed by atoms with E-state index >= 15 is 0 Å². The maximum Gasteiger partial charge on any atom is 3.00 e. The molecule has 1 heteroatoms. The fourth-order valence-corrected chi connectivity index (χ4v) is 2.81. The molecule has 0 heterocycles. The van der Waals surface area contributed by atoms with Crippen molar-refractivity contribution in [2.45, 2.75) is 69.2 Å². The van der Waals surface area contributed by atoms with Crippen LogP contribution in [0.25, 0.3) is 0 Å². The van der Waals surface area contributed by atoms with E-state index in [0.29, 0.717) is 0 Å². The van der Waals surface area contributed by atoms with E-state index in [-0.39, 0.29) is 40.4 Å². The fourth-order valence-electron chi connectivity index (χ4n) is 2.81. The van der Waals surface area contributed by atoms with Crippen LogP contribution in [-0.4, -0.2) is 0 Å². The van der Waals surface area contributed by atoms with Gasteiger partial charge in [-0.3, -0.25) is 0 Å². The molecule has 0 N–H and O–H groups in total. The van der Waals surface area contributed by atoms with Crippen LogP contribution in [0.3, 0.4) is 0 Å². The van der Waals surface area contributed by atoms with Gasteiger partial charge in [0.05, 0.1) is 0 Å². The van der Waals surface area contributed by atoms with Crippen molar-refractivity contribution in [1.82, 2.24) is 0 Å². The Morgan fingerprint density at radius 2 is 0.571 bits per heavy atom. The van der Waals surface area contributed by atoms with E-state index in [0.717, 1.165) is 0 Å². The average molecular weight is 421 g/mol. The Morgan fingerprint density at radius 1 is 0.429 bits per heavy atom. The van der Waals surface area contributed by atoms with Gasteiger partial charge in [-0.05, 0) is 0 Å². The van der Waals surface area contributed by atoms with Gasteiger partial charge in [0.1, 0.15) is 0 Å². The van der Waals surface area contributed by atoms with Gasteiger partial charge in [0.15, 0.2) is 0 Å². The summed E-state index contributed by atoms with van der Waals surface area (Å²) < 4.78 is 0. The van der Waals surface area contributed by atoms with E-state index in [1.807, 2.05) is 0 Å². The zero-order chi connectivity index (χ0) is 15.8. The molecule has 0 aliphatic carbocycles. The summed E-state index contributed by atoms with van der Waals surface area (Å²) in [5.41, 5.74) is 14.7. The summed E-state index contributed by atoms with van der Waals surface area (Å²) in [6.07, 6.45) is 0. The molecule has 0 aliphatic heterocycles. The van der Waals surface area contributed by atoms with E-state index in [1.54, 1.807) is 0 Å². The minimum atomic E-state index is 0. The normalized spacial score (nSPS) is 10.0. The first-order valence-corrected chi connectivity index (χ1v) is 7.50. The maximum absolute atomic E-state index is 2.20. The summed E-state index contributed by atoms with van der Waals surface area (Å²) in [6.45, 7) is 22.0. The molecule has 115 valence electrons. The zero-order valence-corrected chi connectivity index (χ0v) is 18.0. The molecule has 0 spiro atoms. The Morgan fingerprint density at radius 3 is 0.619 bits per heavy atom. The van der Waals surface area contributed by atoms with Crippen LogP contribution in [0, 0.1) is 110 Å².